The smallest absolute Gasteiger partial charge is 0.256 e. The molecule has 2 rings (SSSR count). The number of carbonyl (C=O) groups is 2. The SMILES string of the molecule is CN1CCN(C(=O)c2ccc(F)nc2)C(C)(C)C1=O. The van der Waals surface area contributed by atoms with E-state index in [0.717, 1.165) is 6.07 Å². The van der Waals surface area contributed by atoms with Crippen LogP contribution in [-0.4, -0.2) is 52.3 Å². The van der Waals surface area contributed by atoms with Gasteiger partial charge in [-0.2, -0.15) is 4.39 Å². The van der Waals surface area contributed by atoms with Crippen LogP contribution in [0.5, 0.6) is 0 Å². The van der Waals surface area contributed by atoms with Gasteiger partial charge < -0.3 is 9.80 Å². The zero-order valence-electron chi connectivity index (χ0n) is 11.2. The van der Waals surface area contributed by atoms with E-state index in [4.69, 9.17) is 0 Å². The van der Waals surface area contributed by atoms with Crippen LogP contribution in [0.1, 0.15) is 24.2 Å². The summed E-state index contributed by atoms with van der Waals surface area (Å²) in [5, 5.41) is 0. The summed E-state index contributed by atoms with van der Waals surface area (Å²) in [4.78, 5) is 31.1. The van der Waals surface area contributed by atoms with Gasteiger partial charge in [-0.1, -0.05) is 0 Å². The number of piperazine rings is 1. The second kappa shape index (κ2) is 4.60. The maximum atomic E-state index is 12.8. The number of hydrogen-bond acceptors (Lipinski definition) is 3. The third-order valence-electron chi connectivity index (χ3n) is 3.42. The third kappa shape index (κ3) is 2.30. The molecular formula is C13H16FN3O2. The Morgan fingerprint density at radius 3 is 2.63 bits per heavy atom. The van der Waals surface area contributed by atoms with Crippen molar-refractivity contribution in [3.8, 4) is 0 Å². The molecule has 1 aliphatic rings. The van der Waals surface area contributed by atoms with Gasteiger partial charge in [-0.05, 0) is 26.0 Å². The van der Waals surface area contributed by atoms with Crippen LogP contribution in [-0.2, 0) is 4.79 Å². The zero-order chi connectivity index (χ0) is 14.2. The molecule has 2 amide bonds. The second-order valence-corrected chi connectivity index (χ2v) is 5.11. The highest BCUT2D eigenvalue weighted by molar-refractivity contribution is 5.99. The van der Waals surface area contributed by atoms with Gasteiger partial charge in [0.1, 0.15) is 5.54 Å². The average Bonchev–Trinajstić information content (AvgIpc) is 2.36. The van der Waals surface area contributed by atoms with E-state index in [9.17, 15) is 14.0 Å². The predicted octanol–water partition coefficient (Wildman–Crippen LogP) is 0.913. The van der Waals surface area contributed by atoms with Crippen molar-refractivity contribution in [2.24, 2.45) is 0 Å². The Balaban J connectivity index is 2.28. The second-order valence-electron chi connectivity index (χ2n) is 5.11. The molecular weight excluding hydrogens is 249 g/mol. The molecule has 0 aliphatic carbocycles. The lowest BCUT2D eigenvalue weighted by atomic mass is 9.97. The third-order valence-corrected chi connectivity index (χ3v) is 3.42. The maximum absolute atomic E-state index is 12.8. The van der Waals surface area contributed by atoms with Gasteiger partial charge in [0.15, 0.2) is 0 Å². The Bertz CT molecular complexity index is 513. The van der Waals surface area contributed by atoms with E-state index in [1.54, 1.807) is 25.8 Å². The monoisotopic (exact) mass is 265 g/mol. The number of likely N-dealkylation sites (N-methyl/N-ethyl adjacent to an activating group) is 1. The first kappa shape index (κ1) is 13.5. The topological polar surface area (TPSA) is 53.5 Å². The van der Waals surface area contributed by atoms with E-state index in [1.165, 1.54) is 17.2 Å². The largest absolute Gasteiger partial charge is 0.342 e. The summed E-state index contributed by atoms with van der Waals surface area (Å²) in [6.07, 6.45) is 1.19. The minimum atomic E-state index is -0.904. The standard InChI is InChI=1S/C13H16FN3O2/c1-13(2)12(19)16(3)6-7-17(13)11(18)9-4-5-10(14)15-8-9/h4-5,8H,6-7H2,1-3H3. The first-order valence-corrected chi connectivity index (χ1v) is 6.03. The minimum Gasteiger partial charge on any atom is -0.342 e. The summed E-state index contributed by atoms with van der Waals surface area (Å²) in [5.41, 5.74) is -0.620. The van der Waals surface area contributed by atoms with Gasteiger partial charge in [0.05, 0.1) is 5.56 Å². The Labute approximate surface area is 111 Å². The number of pyridine rings is 1. The molecule has 0 spiro atoms. The van der Waals surface area contributed by atoms with Crippen LogP contribution in [0.2, 0.25) is 0 Å². The first-order valence-electron chi connectivity index (χ1n) is 6.03. The quantitative estimate of drug-likeness (QED) is 0.709. The molecule has 6 heteroatoms. The molecule has 1 aromatic rings. The number of carbonyl (C=O) groups excluding carboxylic acids is 2. The van der Waals surface area contributed by atoms with E-state index in [-0.39, 0.29) is 17.4 Å². The molecule has 0 aromatic carbocycles. The van der Waals surface area contributed by atoms with E-state index in [0.29, 0.717) is 13.1 Å². The van der Waals surface area contributed by atoms with Crippen molar-refractivity contribution >= 4 is 11.8 Å². The van der Waals surface area contributed by atoms with Crippen molar-refractivity contribution in [2.45, 2.75) is 19.4 Å². The summed E-state index contributed by atoms with van der Waals surface area (Å²) >= 11 is 0. The van der Waals surface area contributed by atoms with Crippen LogP contribution in [0.3, 0.4) is 0 Å². The number of rotatable bonds is 1. The predicted molar refractivity (Wildman–Crippen MR) is 66.9 cm³/mol. The Morgan fingerprint density at radius 2 is 2.05 bits per heavy atom. The number of aromatic nitrogens is 1. The maximum Gasteiger partial charge on any atom is 0.256 e. The van der Waals surface area contributed by atoms with Crippen molar-refractivity contribution in [3.05, 3.63) is 29.8 Å². The molecule has 0 atom stereocenters. The highest BCUT2D eigenvalue weighted by atomic mass is 19.1. The highest BCUT2D eigenvalue weighted by Crippen LogP contribution is 2.23. The molecule has 0 radical (unpaired) electrons. The van der Waals surface area contributed by atoms with Crippen molar-refractivity contribution in [3.63, 3.8) is 0 Å². The molecule has 102 valence electrons. The van der Waals surface area contributed by atoms with E-state index >= 15 is 0 Å². The Morgan fingerprint density at radius 1 is 1.37 bits per heavy atom. The lowest BCUT2D eigenvalue weighted by Gasteiger charge is -2.44. The molecule has 0 saturated carbocycles. The van der Waals surface area contributed by atoms with Crippen LogP contribution in [0.4, 0.5) is 4.39 Å². The van der Waals surface area contributed by atoms with Crippen LogP contribution in [0.15, 0.2) is 18.3 Å². The molecule has 1 aromatic heterocycles. The number of nitrogens with zero attached hydrogens (tertiary/aromatic N) is 3. The molecule has 0 N–H and O–H groups in total. The molecule has 5 nitrogen and oxygen atoms in total. The van der Waals surface area contributed by atoms with Gasteiger partial charge in [-0.15, -0.1) is 0 Å². The normalized spacial score (nSPS) is 18.6. The first-order chi connectivity index (χ1) is 8.84. The number of amides is 2. The Hall–Kier alpha value is -1.98. The van der Waals surface area contributed by atoms with Crippen molar-refractivity contribution in [2.75, 3.05) is 20.1 Å². The molecule has 0 unspecified atom stereocenters. The van der Waals surface area contributed by atoms with Crippen molar-refractivity contribution in [1.29, 1.82) is 0 Å². The summed E-state index contributed by atoms with van der Waals surface area (Å²) in [5.74, 6) is -1.05. The summed E-state index contributed by atoms with van der Waals surface area (Å²) < 4.78 is 12.8. The van der Waals surface area contributed by atoms with Gasteiger partial charge >= 0.3 is 0 Å². The molecule has 2 heterocycles. The fraction of sp³-hybridized carbons (Fsp3) is 0.462. The van der Waals surface area contributed by atoms with Crippen LogP contribution in [0, 0.1) is 5.95 Å². The fourth-order valence-electron chi connectivity index (χ4n) is 2.23. The van der Waals surface area contributed by atoms with Gasteiger partial charge in [0.2, 0.25) is 11.9 Å². The summed E-state index contributed by atoms with van der Waals surface area (Å²) in [6, 6.07) is 2.52. The van der Waals surface area contributed by atoms with Crippen LogP contribution in [0.25, 0.3) is 0 Å². The van der Waals surface area contributed by atoms with Crippen LogP contribution < -0.4 is 0 Å². The van der Waals surface area contributed by atoms with Crippen molar-refractivity contribution < 1.29 is 14.0 Å². The van der Waals surface area contributed by atoms with E-state index in [1.807, 2.05) is 0 Å². The van der Waals surface area contributed by atoms with E-state index in [2.05, 4.69) is 4.98 Å². The van der Waals surface area contributed by atoms with Crippen LogP contribution >= 0.6 is 0 Å². The molecule has 1 aliphatic heterocycles. The van der Waals surface area contributed by atoms with Gasteiger partial charge in [-0.25, -0.2) is 4.98 Å². The average molecular weight is 265 g/mol. The summed E-state index contributed by atoms with van der Waals surface area (Å²) in [7, 11) is 1.71. The lowest BCUT2D eigenvalue weighted by Crippen LogP contribution is -2.63. The molecule has 1 fully saturated rings. The zero-order valence-corrected chi connectivity index (χ0v) is 11.2. The number of halogens is 1. The fourth-order valence-corrected chi connectivity index (χ4v) is 2.23. The lowest BCUT2D eigenvalue weighted by molar-refractivity contribution is -0.144. The molecule has 1 saturated heterocycles. The van der Waals surface area contributed by atoms with Gasteiger partial charge in [0.25, 0.3) is 5.91 Å². The molecule has 19 heavy (non-hydrogen) atoms. The minimum absolute atomic E-state index is 0.109. The Kier molecular flexibility index (Phi) is 3.26. The van der Waals surface area contributed by atoms with Crippen molar-refractivity contribution in [1.82, 2.24) is 14.8 Å². The number of hydrogen-bond donors (Lipinski definition) is 0. The van der Waals surface area contributed by atoms with Gasteiger partial charge in [0, 0.05) is 26.3 Å². The van der Waals surface area contributed by atoms with E-state index < -0.39 is 11.5 Å². The van der Waals surface area contributed by atoms with Gasteiger partial charge in [-0.3, -0.25) is 9.59 Å². The highest BCUT2D eigenvalue weighted by Gasteiger charge is 2.43. The molecule has 0 bridgehead atoms. The summed E-state index contributed by atoms with van der Waals surface area (Å²) in [6.45, 7) is 4.35.